The van der Waals surface area contributed by atoms with Gasteiger partial charge in [-0.1, -0.05) is 29.8 Å². The molecule has 0 atom stereocenters. The molecule has 150 valence electrons. The lowest BCUT2D eigenvalue weighted by molar-refractivity contribution is -0.122. The molecule has 1 aromatic heterocycles. The van der Waals surface area contributed by atoms with Gasteiger partial charge in [-0.2, -0.15) is 4.31 Å². The predicted octanol–water partition coefficient (Wildman–Crippen LogP) is 2.40. The summed E-state index contributed by atoms with van der Waals surface area (Å²) in [5.74, 6) is -1.43. The molecule has 2 N–H and O–H groups in total. The highest BCUT2D eigenvalue weighted by Crippen LogP contribution is 2.38. The Labute approximate surface area is 168 Å². The first-order chi connectivity index (χ1) is 13.3. The molecule has 28 heavy (non-hydrogen) atoms. The summed E-state index contributed by atoms with van der Waals surface area (Å²) in [5, 5.41) is 1.67. The smallest absolute Gasteiger partial charge is 0.349 e. The van der Waals surface area contributed by atoms with Crippen LogP contribution in [0.5, 0.6) is 0 Å². The summed E-state index contributed by atoms with van der Waals surface area (Å²) in [6.45, 7) is 2.30. The lowest BCUT2D eigenvalue weighted by Gasteiger charge is -2.30. The van der Waals surface area contributed by atoms with Crippen molar-refractivity contribution in [2.45, 2.75) is 24.7 Å². The molecule has 0 aliphatic carbocycles. The van der Waals surface area contributed by atoms with Crippen LogP contribution in [0.25, 0.3) is 11.1 Å². The van der Waals surface area contributed by atoms with Gasteiger partial charge in [0.2, 0.25) is 15.9 Å². The van der Waals surface area contributed by atoms with Crippen LogP contribution in [0, 0.1) is 12.8 Å². The summed E-state index contributed by atoms with van der Waals surface area (Å²) < 4.78 is 33.0. The van der Waals surface area contributed by atoms with E-state index in [2.05, 4.69) is 0 Å². The van der Waals surface area contributed by atoms with E-state index in [1.165, 1.54) is 11.4 Å². The van der Waals surface area contributed by atoms with Gasteiger partial charge in [0.15, 0.2) is 0 Å². The first kappa shape index (κ1) is 20.5. The zero-order valence-electron chi connectivity index (χ0n) is 15.7. The van der Waals surface area contributed by atoms with Crippen molar-refractivity contribution < 1.29 is 22.7 Å². The Balaban J connectivity index is 2.05. The Hall–Kier alpha value is -2.23. The van der Waals surface area contributed by atoms with E-state index in [0.29, 0.717) is 24.0 Å². The average Bonchev–Trinajstić information content (AvgIpc) is 3.14. The molecular weight excluding hydrogens is 400 g/mol. The molecule has 1 aliphatic heterocycles. The number of thiophene rings is 1. The second-order valence-electron chi connectivity index (χ2n) is 6.75. The monoisotopic (exact) mass is 422 g/mol. The fourth-order valence-electron chi connectivity index (χ4n) is 3.28. The lowest BCUT2D eigenvalue weighted by Crippen LogP contribution is -2.42. The van der Waals surface area contributed by atoms with E-state index in [4.69, 9.17) is 10.5 Å². The van der Waals surface area contributed by atoms with E-state index in [9.17, 15) is 18.0 Å². The maximum absolute atomic E-state index is 13.4. The van der Waals surface area contributed by atoms with E-state index >= 15 is 0 Å². The minimum absolute atomic E-state index is 0.0364. The van der Waals surface area contributed by atoms with E-state index < -0.39 is 21.9 Å². The quantitative estimate of drug-likeness (QED) is 0.745. The first-order valence-corrected chi connectivity index (χ1v) is 11.1. The topological polar surface area (TPSA) is 107 Å². The molecule has 2 heterocycles. The number of aryl methyl sites for hydroxylation is 1. The average molecular weight is 423 g/mol. The standard InChI is InChI=1S/C19H22N2O5S2/c1-12-3-5-13(6-4-12)15-11-27-16(19(23)26-2)17(15)28(24,25)21-9-7-14(8-10-21)18(20)22/h3-6,11,14H,7-10H2,1-2H3,(H2,20,22). The van der Waals surface area contributed by atoms with Gasteiger partial charge >= 0.3 is 5.97 Å². The second-order valence-corrected chi connectivity index (χ2v) is 9.50. The molecule has 1 amide bonds. The summed E-state index contributed by atoms with van der Waals surface area (Å²) in [7, 11) is -2.73. The third kappa shape index (κ3) is 3.82. The Kier molecular flexibility index (Phi) is 5.87. The number of nitrogens with two attached hydrogens (primary N) is 1. The number of methoxy groups -OCH3 is 1. The first-order valence-electron chi connectivity index (χ1n) is 8.82. The molecule has 2 aromatic rings. The van der Waals surface area contributed by atoms with Gasteiger partial charge in [-0.15, -0.1) is 11.3 Å². The fraction of sp³-hybridized carbons (Fsp3) is 0.368. The SMILES string of the molecule is COC(=O)c1scc(-c2ccc(C)cc2)c1S(=O)(=O)N1CCC(C(N)=O)CC1. The van der Waals surface area contributed by atoms with Crippen LogP contribution in [0.1, 0.15) is 28.1 Å². The summed E-state index contributed by atoms with van der Waals surface area (Å²) in [6.07, 6.45) is 0.734. The number of hydrogen-bond acceptors (Lipinski definition) is 6. The minimum atomic E-state index is -3.95. The van der Waals surface area contributed by atoms with E-state index in [1.54, 1.807) is 5.38 Å². The van der Waals surface area contributed by atoms with E-state index in [-0.39, 0.29) is 28.8 Å². The van der Waals surface area contributed by atoms with Gasteiger partial charge in [0.1, 0.15) is 9.77 Å². The lowest BCUT2D eigenvalue weighted by atomic mass is 9.98. The van der Waals surface area contributed by atoms with Gasteiger partial charge < -0.3 is 10.5 Å². The summed E-state index contributed by atoms with van der Waals surface area (Å²) in [6, 6.07) is 7.44. The molecule has 9 heteroatoms. The zero-order chi connectivity index (χ0) is 20.5. The van der Waals surface area contributed by atoms with Crippen LogP contribution in [-0.4, -0.2) is 44.8 Å². The van der Waals surface area contributed by atoms with Crippen molar-refractivity contribution in [3.63, 3.8) is 0 Å². The normalized spacial score (nSPS) is 16.1. The van der Waals surface area contributed by atoms with Crippen LogP contribution in [-0.2, 0) is 19.6 Å². The molecule has 1 aliphatic rings. The number of hydrogen-bond donors (Lipinski definition) is 1. The van der Waals surface area contributed by atoms with Crippen LogP contribution < -0.4 is 5.73 Å². The minimum Gasteiger partial charge on any atom is -0.465 e. The number of nitrogens with zero attached hydrogens (tertiary/aromatic N) is 1. The van der Waals surface area contributed by atoms with Crippen molar-refractivity contribution >= 4 is 33.2 Å². The largest absolute Gasteiger partial charge is 0.465 e. The highest BCUT2D eigenvalue weighted by molar-refractivity contribution is 7.89. The van der Waals surface area contributed by atoms with Crippen LogP contribution in [0.4, 0.5) is 0 Å². The number of benzene rings is 1. The number of primary amides is 1. The maximum Gasteiger partial charge on any atom is 0.349 e. The van der Waals surface area contributed by atoms with Crippen molar-refractivity contribution in [1.29, 1.82) is 0 Å². The number of sulfonamides is 1. The number of rotatable bonds is 5. The van der Waals surface area contributed by atoms with E-state index in [0.717, 1.165) is 16.9 Å². The van der Waals surface area contributed by atoms with Crippen LogP contribution >= 0.6 is 11.3 Å². The molecule has 0 saturated carbocycles. The third-order valence-corrected chi connectivity index (χ3v) is 8.01. The summed E-state index contributed by atoms with van der Waals surface area (Å²) in [4.78, 5) is 23.6. The molecule has 3 rings (SSSR count). The zero-order valence-corrected chi connectivity index (χ0v) is 17.3. The van der Waals surface area contributed by atoms with Crippen molar-refractivity contribution in [3.8, 4) is 11.1 Å². The maximum atomic E-state index is 13.4. The number of esters is 1. The third-order valence-electron chi connectivity index (χ3n) is 4.93. The predicted molar refractivity (Wildman–Crippen MR) is 107 cm³/mol. The van der Waals surface area contributed by atoms with Crippen molar-refractivity contribution in [2.24, 2.45) is 11.7 Å². The number of carbonyl (C=O) groups is 2. The number of carbonyl (C=O) groups excluding carboxylic acids is 2. The Morgan fingerprint density at radius 1 is 1.18 bits per heavy atom. The van der Waals surface area contributed by atoms with Gasteiger partial charge in [0, 0.05) is 30.0 Å². The summed E-state index contributed by atoms with van der Waals surface area (Å²) >= 11 is 1.05. The molecule has 1 saturated heterocycles. The number of amides is 1. The number of piperidine rings is 1. The molecule has 1 aromatic carbocycles. The Morgan fingerprint density at radius 2 is 1.79 bits per heavy atom. The van der Waals surface area contributed by atoms with Gasteiger partial charge in [0.05, 0.1) is 7.11 Å². The van der Waals surface area contributed by atoms with Gasteiger partial charge in [-0.25, -0.2) is 13.2 Å². The summed E-state index contributed by atoms with van der Waals surface area (Å²) in [5.41, 5.74) is 7.58. The highest BCUT2D eigenvalue weighted by atomic mass is 32.2. The molecule has 0 radical (unpaired) electrons. The van der Waals surface area contributed by atoms with Gasteiger partial charge in [-0.3, -0.25) is 4.79 Å². The molecule has 0 spiro atoms. The van der Waals surface area contributed by atoms with Crippen LogP contribution in [0.3, 0.4) is 0 Å². The van der Waals surface area contributed by atoms with Gasteiger partial charge in [-0.05, 0) is 25.3 Å². The molecule has 0 bridgehead atoms. The Morgan fingerprint density at radius 3 is 2.32 bits per heavy atom. The van der Waals surface area contributed by atoms with Gasteiger partial charge in [0.25, 0.3) is 0 Å². The van der Waals surface area contributed by atoms with Crippen molar-refractivity contribution in [1.82, 2.24) is 4.31 Å². The van der Waals surface area contributed by atoms with Crippen molar-refractivity contribution in [3.05, 3.63) is 40.1 Å². The molecule has 1 fully saturated rings. The fourth-order valence-corrected chi connectivity index (χ4v) is 6.42. The van der Waals surface area contributed by atoms with Crippen molar-refractivity contribution in [2.75, 3.05) is 20.2 Å². The highest BCUT2D eigenvalue weighted by Gasteiger charge is 2.37. The second kappa shape index (κ2) is 8.02. The molecule has 7 nitrogen and oxygen atoms in total. The molecular formula is C19H22N2O5S2. The van der Waals surface area contributed by atoms with Crippen LogP contribution in [0.2, 0.25) is 0 Å². The Bertz CT molecular complexity index is 988. The molecule has 0 unspecified atom stereocenters. The van der Waals surface area contributed by atoms with Crippen LogP contribution in [0.15, 0.2) is 34.5 Å². The van der Waals surface area contributed by atoms with E-state index in [1.807, 2.05) is 31.2 Å². The number of ether oxygens (including phenoxy) is 1.